The molecular formula is C12H24N2O4S2. The van der Waals surface area contributed by atoms with Crippen LogP contribution < -0.4 is 10.6 Å². The average Bonchev–Trinajstić information content (AvgIpc) is 2.48. The third-order valence-corrected chi connectivity index (χ3v) is 5.20. The third kappa shape index (κ3) is 7.98. The smallest absolute Gasteiger partial charge is 0.322 e. The monoisotopic (exact) mass is 324 g/mol. The van der Waals surface area contributed by atoms with Crippen LogP contribution in [0.2, 0.25) is 0 Å². The Kier molecular flexibility index (Phi) is 12.0. The zero-order valence-corrected chi connectivity index (χ0v) is 14.1. The molecule has 0 saturated carbocycles. The first-order chi connectivity index (χ1) is 9.60. The van der Waals surface area contributed by atoms with Gasteiger partial charge >= 0.3 is 11.9 Å². The number of esters is 2. The molecule has 118 valence electrons. The van der Waals surface area contributed by atoms with Gasteiger partial charge in [0.2, 0.25) is 0 Å². The van der Waals surface area contributed by atoms with Crippen molar-refractivity contribution < 1.29 is 19.1 Å². The number of hydrogen-bond acceptors (Lipinski definition) is 8. The molecule has 2 atom stereocenters. The summed E-state index contributed by atoms with van der Waals surface area (Å²) in [5.41, 5.74) is 0. The number of ether oxygens (including phenoxy) is 2. The molecule has 0 aromatic heterocycles. The topological polar surface area (TPSA) is 76.7 Å². The van der Waals surface area contributed by atoms with Crippen LogP contribution >= 0.6 is 21.6 Å². The maximum atomic E-state index is 11.3. The minimum absolute atomic E-state index is 0.237. The molecule has 0 rings (SSSR count). The second-order valence-corrected chi connectivity index (χ2v) is 6.65. The molecule has 0 spiro atoms. The highest BCUT2D eigenvalue weighted by atomic mass is 33.1. The van der Waals surface area contributed by atoms with Gasteiger partial charge in [0.15, 0.2) is 0 Å². The average molecular weight is 324 g/mol. The van der Waals surface area contributed by atoms with Crippen LogP contribution in [0.3, 0.4) is 0 Å². The largest absolute Gasteiger partial charge is 0.468 e. The van der Waals surface area contributed by atoms with Gasteiger partial charge in [-0.15, -0.1) is 0 Å². The maximum Gasteiger partial charge on any atom is 0.322 e. The Morgan fingerprint density at radius 2 is 1.25 bits per heavy atom. The van der Waals surface area contributed by atoms with E-state index >= 15 is 0 Å². The molecule has 0 heterocycles. The van der Waals surface area contributed by atoms with Crippen LogP contribution in [0, 0.1) is 0 Å². The van der Waals surface area contributed by atoms with Gasteiger partial charge in [0, 0.05) is 11.5 Å². The fraction of sp³-hybridized carbons (Fsp3) is 0.833. The van der Waals surface area contributed by atoms with E-state index < -0.39 is 0 Å². The fourth-order valence-electron chi connectivity index (χ4n) is 1.49. The molecule has 0 aliphatic heterocycles. The van der Waals surface area contributed by atoms with Crippen molar-refractivity contribution in [2.24, 2.45) is 0 Å². The van der Waals surface area contributed by atoms with Crippen LogP contribution in [-0.4, -0.2) is 63.8 Å². The van der Waals surface area contributed by atoms with Crippen molar-refractivity contribution >= 4 is 33.5 Å². The molecule has 0 aromatic rings. The molecule has 0 aliphatic carbocycles. The van der Waals surface area contributed by atoms with Gasteiger partial charge in [-0.25, -0.2) is 0 Å². The summed E-state index contributed by atoms with van der Waals surface area (Å²) in [5.74, 6) is 1.21. The Labute approximate surface area is 128 Å². The summed E-state index contributed by atoms with van der Waals surface area (Å²) >= 11 is 0. The van der Waals surface area contributed by atoms with Gasteiger partial charge < -0.3 is 20.1 Å². The van der Waals surface area contributed by atoms with Crippen LogP contribution in [0.5, 0.6) is 0 Å². The molecule has 0 fully saturated rings. The van der Waals surface area contributed by atoms with Gasteiger partial charge in [0.05, 0.1) is 14.2 Å². The number of carbonyl (C=O) groups is 2. The Morgan fingerprint density at radius 3 is 1.50 bits per heavy atom. The molecule has 0 amide bonds. The Balaban J connectivity index is 3.71. The molecule has 0 aliphatic rings. The summed E-state index contributed by atoms with van der Waals surface area (Å²) in [7, 11) is 9.63. The molecule has 20 heavy (non-hydrogen) atoms. The number of carbonyl (C=O) groups excluding carboxylic acids is 2. The van der Waals surface area contributed by atoms with Crippen molar-refractivity contribution in [2.75, 3.05) is 39.8 Å². The number of rotatable bonds is 11. The van der Waals surface area contributed by atoms with Gasteiger partial charge in [0.25, 0.3) is 0 Å². The van der Waals surface area contributed by atoms with Gasteiger partial charge in [-0.05, 0) is 26.9 Å². The molecule has 2 unspecified atom stereocenters. The highest BCUT2D eigenvalue weighted by Gasteiger charge is 2.17. The first-order valence-corrected chi connectivity index (χ1v) is 8.84. The van der Waals surface area contributed by atoms with E-state index in [-0.39, 0.29) is 24.0 Å². The van der Waals surface area contributed by atoms with Crippen molar-refractivity contribution in [2.45, 2.75) is 24.9 Å². The summed E-state index contributed by atoms with van der Waals surface area (Å²) in [6.45, 7) is 0. The second-order valence-electron chi connectivity index (χ2n) is 3.95. The Morgan fingerprint density at radius 1 is 0.900 bits per heavy atom. The molecular weight excluding hydrogens is 300 g/mol. The van der Waals surface area contributed by atoms with Crippen molar-refractivity contribution in [1.29, 1.82) is 0 Å². The standard InChI is InChI=1S/C12H24N2O4S2/c1-13-9(11(15)17-3)5-7-19-20-8-6-10(14-2)12(16)18-4/h9-10,13-14H,5-8H2,1-4H3. The van der Waals surface area contributed by atoms with Crippen LogP contribution in [0.15, 0.2) is 0 Å². The number of likely N-dealkylation sites (N-methyl/N-ethyl adjacent to an activating group) is 2. The highest BCUT2D eigenvalue weighted by Crippen LogP contribution is 2.24. The number of methoxy groups -OCH3 is 2. The fourth-order valence-corrected chi connectivity index (χ4v) is 3.68. The lowest BCUT2D eigenvalue weighted by Crippen LogP contribution is -2.35. The Bertz CT molecular complexity index is 265. The molecule has 0 radical (unpaired) electrons. The quantitative estimate of drug-likeness (QED) is 0.326. The zero-order valence-electron chi connectivity index (χ0n) is 12.4. The lowest BCUT2D eigenvalue weighted by Gasteiger charge is -2.14. The predicted octanol–water partition coefficient (Wildman–Crippen LogP) is 0.670. The Hall–Kier alpha value is -0.440. The van der Waals surface area contributed by atoms with Crippen LogP contribution in [-0.2, 0) is 19.1 Å². The second kappa shape index (κ2) is 12.3. The van der Waals surface area contributed by atoms with Crippen molar-refractivity contribution in [3.8, 4) is 0 Å². The molecule has 6 nitrogen and oxygen atoms in total. The van der Waals surface area contributed by atoms with Gasteiger partial charge in [-0.3, -0.25) is 9.59 Å². The summed E-state index contributed by atoms with van der Waals surface area (Å²) < 4.78 is 9.38. The van der Waals surface area contributed by atoms with E-state index in [0.29, 0.717) is 12.8 Å². The highest BCUT2D eigenvalue weighted by molar-refractivity contribution is 8.76. The minimum atomic E-state index is -0.256. The van der Waals surface area contributed by atoms with Gasteiger partial charge in [-0.1, -0.05) is 21.6 Å². The summed E-state index contributed by atoms with van der Waals surface area (Å²) in [4.78, 5) is 22.7. The number of hydrogen-bond donors (Lipinski definition) is 2. The molecule has 0 bridgehead atoms. The van der Waals surface area contributed by atoms with Gasteiger partial charge in [-0.2, -0.15) is 0 Å². The van der Waals surface area contributed by atoms with Crippen molar-refractivity contribution in [1.82, 2.24) is 10.6 Å². The molecule has 0 saturated heterocycles. The maximum absolute atomic E-state index is 11.3. The predicted molar refractivity (Wildman–Crippen MR) is 83.9 cm³/mol. The van der Waals surface area contributed by atoms with E-state index in [2.05, 4.69) is 20.1 Å². The first kappa shape index (κ1) is 19.6. The van der Waals surface area contributed by atoms with E-state index in [1.54, 1.807) is 35.7 Å². The van der Waals surface area contributed by atoms with E-state index in [4.69, 9.17) is 0 Å². The first-order valence-electron chi connectivity index (χ1n) is 6.35. The number of nitrogens with one attached hydrogen (secondary N) is 2. The van der Waals surface area contributed by atoms with E-state index in [1.165, 1.54) is 14.2 Å². The SMILES string of the molecule is CNC(CCSSCCC(NC)C(=O)OC)C(=O)OC. The van der Waals surface area contributed by atoms with Crippen molar-refractivity contribution in [3.63, 3.8) is 0 Å². The van der Waals surface area contributed by atoms with Crippen LogP contribution in [0.25, 0.3) is 0 Å². The zero-order chi connectivity index (χ0) is 15.4. The third-order valence-electron chi connectivity index (χ3n) is 2.73. The molecule has 0 aromatic carbocycles. The normalized spacial score (nSPS) is 13.6. The van der Waals surface area contributed by atoms with Crippen molar-refractivity contribution in [3.05, 3.63) is 0 Å². The van der Waals surface area contributed by atoms with Crippen LogP contribution in [0.4, 0.5) is 0 Å². The van der Waals surface area contributed by atoms with E-state index in [1.807, 2.05) is 0 Å². The summed E-state index contributed by atoms with van der Waals surface area (Å²) in [5, 5.41) is 5.85. The minimum Gasteiger partial charge on any atom is -0.468 e. The van der Waals surface area contributed by atoms with E-state index in [9.17, 15) is 9.59 Å². The van der Waals surface area contributed by atoms with Gasteiger partial charge in [0.1, 0.15) is 12.1 Å². The molecule has 2 N–H and O–H groups in total. The molecule has 8 heteroatoms. The van der Waals surface area contributed by atoms with Crippen LogP contribution in [0.1, 0.15) is 12.8 Å². The lowest BCUT2D eigenvalue weighted by atomic mass is 10.2. The summed E-state index contributed by atoms with van der Waals surface area (Å²) in [6, 6.07) is -0.513. The lowest BCUT2D eigenvalue weighted by molar-refractivity contribution is -0.143. The summed E-state index contributed by atoms with van der Waals surface area (Å²) in [6.07, 6.45) is 1.43. The van der Waals surface area contributed by atoms with E-state index in [0.717, 1.165) is 11.5 Å².